The first-order valence-corrected chi connectivity index (χ1v) is 9.90. The number of benzene rings is 1. The van der Waals surface area contributed by atoms with Gasteiger partial charge in [0, 0.05) is 23.9 Å². The summed E-state index contributed by atoms with van der Waals surface area (Å²) in [6, 6.07) is 8.13. The molecular weight excluding hydrogens is 348 g/mol. The van der Waals surface area contributed by atoms with Gasteiger partial charge in [0.05, 0.1) is 18.2 Å². The molecule has 2 aromatic rings. The summed E-state index contributed by atoms with van der Waals surface area (Å²) in [4.78, 5) is 19.3. The molecule has 26 heavy (non-hydrogen) atoms. The molecule has 1 aromatic heterocycles. The number of thiazole rings is 1. The topological polar surface area (TPSA) is 80.5 Å². The standard InChI is InChI=1S/C19H26N4O2S/c1-25-17-7-3-2-6-14(17)16(23-10-4-5-11-23)12-21-19(24)15-13-26-18(22-15)8-9-20/h2-3,6-7,13,16H,4-5,8-12,20H2,1H3,(H,21,24). The number of carbonyl (C=O) groups excluding carboxylic acids is 1. The van der Waals surface area contributed by atoms with E-state index in [1.165, 1.54) is 24.2 Å². The smallest absolute Gasteiger partial charge is 0.270 e. The van der Waals surface area contributed by atoms with Gasteiger partial charge < -0.3 is 15.8 Å². The number of carbonyl (C=O) groups is 1. The van der Waals surface area contributed by atoms with Crippen molar-refractivity contribution in [1.82, 2.24) is 15.2 Å². The molecular formula is C19H26N4O2S. The van der Waals surface area contributed by atoms with E-state index in [1.54, 1.807) is 12.5 Å². The van der Waals surface area contributed by atoms with Crippen LogP contribution in [0.5, 0.6) is 5.75 Å². The molecule has 1 amide bonds. The Hall–Kier alpha value is -1.96. The minimum absolute atomic E-state index is 0.0970. The minimum Gasteiger partial charge on any atom is -0.496 e. The van der Waals surface area contributed by atoms with Crippen molar-refractivity contribution in [2.24, 2.45) is 5.73 Å². The number of nitrogens with zero attached hydrogens (tertiary/aromatic N) is 2. The maximum atomic E-state index is 12.5. The summed E-state index contributed by atoms with van der Waals surface area (Å²) >= 11 is 1.48. The predicted molar refractivity (Wildman–Crippen MR) is 104 cm³/mol. The highest BCUT2D eigenvalue weighted by Gasteiger charge is 2.26. The van der Waals surface area contributed by atoms with Gasteiger partial charge in [-0.25, -0.2) is 4.98 Å². The van der Waals surface area contributed by atoms with Crippen LogP contribution >= 0.6 is 11.3 Å². The Morgan fingerprint density at radius 3 is 2.88 bits per heavy atom. The summed E-state index contributed by atoms with van der Waals surface area (Å²) in [6.07, 6.45) is 3.08. The molecule has 0 bridgehead atoms. The van der Waals surface area contributed by atoms with Gasteiger partial charge >= 0.3 is 0 Å². The van der Waals surface area contributed by atoms with Gasteiger partial charge in [0.2, 0.25) is 0 Å². The van der Waals surface area contributed by atoms with Crippen LogP contribution in [0.4, 0.5) is 0 Å². The Morgan fingerprint density at radius 2 is 2.15 bits per heavy atom. The molecule has 1 fully saturated rings. The van der Waals surface area contributed by atoms with Gasteiger partial charge in [0.15, 0.2) is 0 Å². The van der Waals surface area contributed by atoms with Gasteiger partial charge in [-0.1, -0.05) is 18.2 Å². The third-order valence-corrected chi connectivity index (χ3v) is 5.59. The van der Waals surface area contributed by atoms with Gasteiger partial charge in [0.1, 0.15) is 11.4 Å². The van der Waals surface area contributed by atoms with Gasteiger partial charge in [-0.3, -0.25) is 9.69 Å². The van der Waals surface area contributed by atoms with Crippen LogP contribution in [0.2, 0.25) is 0 Å². The van der Waals surface area contributed by atoms with Crippen LogP contribution < -0.4 is 15.8 Å². The second kappa shape index (κ2) is 9.12. The first kappa shape index (κ1) is 18.8. The molecule has 3 rings (SSSR count). The number of amides is 1. The number of hydrogen-bond acceptors (Lipinski definition) is 6. The molecule has 1 aliphatic rings. The molecule has 1 saturated heterocycles. The zero-order chi connectivity index (χ0) is 18.4. The summed E-state index contributed by atoms with van der Waals surface area (Å²) in [5.41, 5.74) is 7.14. The lowest BCUT2D eigenvalue weighted by Gasteiger charge is -2.29. The molecule has 0 saturated carbocycles. The number of para-hydroxylation sites is 1. The Morgan fingerprint density at radius 1 is 1.38 bits per heavy atom. The van der Waals surface area contributed by atoms with E-state index in [1.807, 2.05) is 18.2 Å². The highest BCUT2D eigenvalue weighted by atomic mass is 32.1. The second-order valence-electron chi connectivity index (χ2n) is 6.38. The van der Waals surface area contributed by atoms with Gasteiger partial charge in [-0.05, 0) is 38.5 Å². The van der Waals surface area contributed by atoms with Crippen molar-refractivity contribution >= 4 is 17.2 Å². The Kier molecular flexibility index (Phi) is 6.60. The molecule has 2 heterocycles. The van der Waals surface area contributed by atoms with Gasteiger partial charge in [-0.15, -0.1) is 11.3 Å². The van der Waals surface area contributed by atoms with Crippen molar-refractivity contribution < 1.29 is 9.53 Å². The van der Waals surface area contributed by atoms with Crippen LogP contribution in [0.1, 0.15) is 39.9 Å². The van der Waals surface area contributed by atoms with Crippen molar-refractivity contribution in [1.29, 1.82) is 0 Å². The molecule has 7 heteroatoms. The average molecular weight is 375 g/mol. The normalized spacial score (nSPS) is 15.8. The molecule has 6 nitrogen and oxygen atoms in total. The first-order chi connectivity index (χ1) is 12.7. The summed E-state index contributed by atoms with van der Waals surface area (Å²) in [5, 5.41) is 5.76. The molecule has 140 valence electrons. The Labute approximate surface area is 158 Å². The lowest BCUT2D eigenvalue weighted by atomic mass is 10.0. The predicted octanol–water partition coefficient (Wildman–Crippen LogP) is 2.22. The number of nitrogens with one attached hydrogen (secondary N) is 1. The van der Waals surface area contributed by atoms with Crippen molar-refractivity contribution in [2.45, 2.75) is 25.3 Å². The van der Waals surface area contributed by atoms with E-state index in [2.05, 4.69) is 21.3 Å². The molecule has 3 N–H and O–H groups in total. The molecule has 0 spiro atoms. The third kappa shape index (κ3) is 4.41. The zero-order valence-corrected chi connectivity index (χ0v) is 15.9. The second-order valence-corrected chi connectivity index (χ2v) is 7.32. The maximum Gasteiger partial charge on any atom is 0.270 e. The SMILES string of the molecule is COc1ccccc1C(CNC(=O)c1csc(CCN)n1)N1CCCC1. The van der Waals surface area contributed by atoms with E-state index in [4.69, 9.17) is 10.5 Å². The van der Waals surface area contributed by atoms with Crippen molar-refractivity contribution in [3.63, 3.8) is 0 Å². The Balaban J connectivity index is 1.72. The van der Waals surface area contributed by atoms with E-state index >= 15 is 0 Å². The van der Waals surface area contributed by atoms with Crippen LogP contribution in [-0.4, -0.2) is 49.1 Å². The van der Waals surface area contributed by atoms with Crippen LogP contribution in [0.15, 0.2) is 29.6 Å². The number of nitrogens with two attached hydrogens (primary N) is 1. The monoisotopic (exact) mass is 374 g/mol. The van der Waals surface area contributed by atoms with Crippen LogP contribution in [0.25, 0.3) is 0 Å². The highest BCUT2D eigenvalue weighted by Crippen LogP contribution is 2.31. The van der Waals surface area contributed by atoms with Gasteiger partial charge in [-0.2, -0.15) is 0 Å². The molecule has 0 radical (unpaired) electrons. The number of ether oxygens (including phenoxy) is 1. The fraction of sp³-hybridized carbons (Fsp3) is 0.474. The molecule has 0 aliphatic carbocycles. The summed E-state index contributed by atoms with van der Waals surface area (Å²) in [5.74, 6) is 0.723. The fourth-order valence-electron chi connectivity index (χ4n) is 3.36. The third-order valence-electron chi connectivity index (χ3n) is 4.68. The van der Waals surface area contributed by atoms with Crippen molar-refractivity contribution in [3.8, 4) is 5.75 Å². The summed E-state index contributed by atoms with van der Waals surface area (Å²) < 4.78 is 5.55. The van der Waals surface area contributed by atoms with Crippen LogP contribution in [-0.2, 0) is 6.42 Å². The summed E-state index contributed by atoms with van der Waals surface area (Å²) in [7, 11) is 1.69. The van der Waals surface area contributed by atoms with Crippen molar-refractivity contribution in [2.75, 3.05) is 33.3 Å². The van der Waals surface area contributed by atoms with E-state index in [-0.39, 0.29) is 11.9 Å². The number of methoxy groups -OCH3 is 1. The fourth-order valence-corrected chi connectivity index (χ4v) is 4.16. The van der Waals surface area contributed by atoms with Crippen LogP contribution in [0.3, 0.4) is 0 Å². The zero-order valence-electron chi connectivity index (χ0n) is 15.1. The molecule has 1 atom stereocenters. The quantitative estimate of drug-likeness (QED) is 0.741. The van der Waals surface area contributed by atoms with Crippen molar-refractivity contribution in [3.05, 3.63) is 45.9 Å². The summed E-state index contributed by atoms with van der Waals surface area (Å²) in [6.45, 7) is 3.15. The minimum atomic E-state index is -0.136. The first-order valence-electron chi connectivity index (χ1n) is 9.02. The lowest BCUT2D eigenvalue weighted by Crippen LogP contribution is -2.37. The maximum absolute atomic E-state index is 12.5. The largest absolute Gasteiger partial charge is 0.496 e. The Bertz CT molecular complexity index is 728. The van der Waals surface area contributed by atoms with E-state index in [0.29, 0.717) is 25.2 Å². The highest BCUT2D eigenvalue weighted by molar-refractivity contribution is 7.09. The van der Waals surface area contributed by atoms with E-state index in [0.717, 1.165) is 29.4 Å². The van der Waals surface area contributed by atoms with E-state index < -0.39 is 0 Å². The average Bonchev–Trinajstić information content (AvgIpc) is 3.35. The molecule has 1 unspecified atom stereocenters. The number of hydrogen-bond donors (Lipinski definition) is 2. The van der Waals surface area contributed by atoms with Gasteiger partial charge in [0.25, 0.3) is 5.91 Å². The molecule has 1 aliphatic heterocycles. The number of aromatic nitrogens is 1. The lowest BCUT2D eigenvalue weighted by molar-refractivity contribution is 0.0933. The number of likely N-dealkylation sites (tertiary alicyclic amines) is 1. The van der Waals surface area contributed by atoms with Crippen LogP contribution in [0, 0.1) is 0 Å². The van der Waals surface area contributed by atoms with E-state index in [9.17, 15) is 4.79 Å². The number of rotatable bonds is 8. The molecule has 1 aromatic carbocycles.